The van der Waals surface area contributed by atoms with E-state index in [0.29, 0.717) is 19.3 Å². The fourth-order valence-electron chi connectivity index (χ4n) is 8.75. The predicted molar refractivity (Wildman–Crippen MR) is 298 cm³/mol. The zero-order valence-electron chi connectivity index (χ0n) is 46.1. The van der Waals surface area contributed by atoms with Gasteiger partial charge in [-0.1, -0.05) is 268 Å². The lowest BCUT2D eigenvalue weighted by Crippen LogP contribution is -2.30. The van der Waals surface area contributed by atoms with Gasteiger partial charge in [0.15, 0.2) is 6.10 Å². The number of hydrogen-bond donors (Lipinski definition) is 0. The van der Waals surface area contributed by atoms with E-state index in [9.17, 15) is 14.4 Å². The molecule has 1 atom stereocenters. The summed E-state index contributed by atoms with van der Waals surface area (Å²) in [6, 6.07) is 0. The van der Waals surface area contributed by atoms with Crippen molar-refractivity contribution in [1.82, 2.24) is 0 Å². The summed E-state index contributed by atoms with van der Waals surface area (Å²) in [5, 5.41) is 0. The number of rotatable bonds is 55. The van der Waals surface area contributed by atoms with Crippen molar-refractivity contribution in [2.24, 2.45) is 0 Å². The van der Waals surface area contributed by atoms with Crippen molar-refractivity contribution >= 4 is 17.9 Å². The number of unbranched alkanes of at least 4 members (excludes halogenated alkanes) is 36. The Balaban J connectivity index is 3.87. The Hall–Kier alpha value is -2.63. The minimum atomic E-state index is -0.773. The summed E-state index contributed by atoms with van der Waals surface area (Å²) < 4.78 is 16.7. The monoisotopic (exact) mass is 967 g/mol. The van der Waals surface area contributed by atoms with Crippen LogP contribution < -0.4 is 0 Å². The molecule has 69 heavy (non-hydrogen) atoms. The van der Waals surface area contributed by atoms with E-state index >= 15 is 0 Å². The van der Waals surface area contributed by atoms with Crippen LogP contribution >= 0.6 is 0 Å². The van der Waals surface area contributed by atoms with E-state index in [1.54, 1.807) is 0 Å². The van der Waals surface area contributed by atoms with Crippen LogP contribution in [0.1, 0.15) is 316 Å². The summed E-state index contributed by atoms with van der Waals surface area (Å²) in [5.41, 5.74) is 0. The van der Waals surface area contributed by atoms with Crippen LogP contribution in [0.25, 0.3) is 0 Å². The molecule has 402 valence electrons. The van der Waals surface area contributed by atoms with Crippen molar-refractivity contribution in [3.05, 3.63) is 48.6 Å². The third-order valence-electron chi connectivity index (χ3n) is 13.3. The lowest BCUT2D eigenvalue weighted by molar-refractivity contribution is -0.167. The molecule has 0 radical (unpaired) electrons. The Morgan fingerprint density at radius 2 is 0.551 bits per heavy atom. The molecular formula is C63H114O6. The molecule has 0 spiro atoms. The summed E-state index contributed by atoms with van der Waals surface area (Å²) in [6.07, 6.45) is 71.8. The Kier molecular flexibility index (Phi) is 55.7. The molecule has 0 aliphatic heterocycles. The van der Waals surface area contributed by atoms with Crippen LogP contribution in [0.2, 0.25) is 0 Å². The predicted octanol–water partition coefficient (Wildman–Crippen LogP) is 20.2. The average Bonchev–Trinajstić information content (AvgIpc) is 3.35. The average molecular weight is 968 g/mol. The zero-order valence-corrected chi connectivity index (χ0v) is 46.1. The summed E-state index contributed by atoms with van der Waals surface area (Å²) in [7, 11) is 0. The first-order valence-corrected chi connectivity index (χ1v) is 30.1. The fourth-order valence-corrected chi connectivity index (χ4v) is 8.75. The molecule has 1 unspecified atom stereocenters. The first-order valence-electron chi connectivity index (χ1n) is 30.1. The van der Waals surface area contributed by atoms with Gasteiger partial charge in [0.2, 0.25) is 0 Å². The standard InChI is InChI=1S/C63H114O6/c1-4-7-10-13-15-17-19-21-22-23-24-25-26-27-28-29-30-31-32-33-34-35-36-37-38-39-40-42-43-45-47-50-53-56-62(65)68-59-60(58-67-61(64)55-52-49-12-9-6-3)69-63(66)57-54-51-48-46-44-41-20-18-16-14-11-8-5-2/h11,14,18-21,23-24,60H,4-10,12-13,15-17,22,25-59H2,1-3H3/b14-11-,20-18-,21-19-,24-23-. The van der Waals surface area contributed by atoms with E-state index in [-0.39, 0.29) is 31.1 Å². The third-order valence-corrected chi connectivity index (χ3v) is 13.3. The molecule has 0 N–H and O–H groups in total. The minimum Gasteiger partial charge on any atom is -0.462 e. The van der Waals surface area contributed by atoms with Gasteiger partial charge in [-0.2, -0.15) is 0 Å². The third kappa shape index (κ3) is 56.2. The van der Waals surface area contributed by atoms with Crippen LogP contribution in [0.3, 0.4) is 0 Å². The molecule has 6 heteroatoms. The Bertz CT molecular complexity index is 1200. The van der Waals surface area contributed by atoms with Crippen molar-refractivity contribution < 1.29 is 28.6 Å². The number of carbonyl (C=O) groups excluding carboxylic acids is 3. The fraction of sp³-hybridized carbons (Fsp3) is 0.825. The first-order chi connectivity index (χ1) is 34.0. The van der Waals surface area contributed by atoms with Gasteiger partial charge in [-0.15, -0.1) is 0 Å². The van der Waals surface area contributed by atoms with Crippen LogP contribution in [0.5, 0.6) is 0 Å². The molecule has 0 fully saturated rings. The number of ether oxygens (including phenoxy) is 3. The molecule has 0 aromatic rings. The van der Waals surface area contributed by atoms with Crippen molar-refractivity contribution in [3.63, 3.8) is 0 Å². The summed E-state index contributed by atoms with van der Waals surface area (Å²) in [6.45, 7) is 6.49. The molecule has 0 amide bonds. The summed E-state index contributed by atoms with van der Waals surface area (Å²) in [4.78, 5) is 37.7. The van der Waals surface area contributed by atoms with Gasteiger partial charge in [0.1, 0.15) is 13.2 Å². The van der Waals surface area contributed by atoms with Gasteiger partial charge < -0.3 is 14.2 Å². The van der Waals surface area contributed by atoms with Crippen molar-refractivity contribution in [1.29, 1.82) is 0 Å². The lowest BCUT2D eigenvalue weighted by atomic mass is 10.0. The van der Waals surface area contributed by atoms with E-state index < -0.39 is 6.10 Å². The molecule has 0 saturated carbocycles. The second-order valence-electron chi connectivity index (χ2n) is 20.3. The molecule has 0 rings (SSSR count). The number of esters is 3. The van der Waals surface area contributed by atoms with E-state index in [0.717, 1.165) is 103 Å². The second-order valence-corrected chi connectivity index (χ2v) is 20.3. The van der Waals surface area contributed by atoms with E-state index in [1.165, 1.54) is 173 Å². The van der Waals surface area contributed by atoms with Gasteiger partial charge in [-0.05, 0) is 77.0 Å². The minimum absolute atomic E-state index is 0.0759. The van der Waals surface area contributed by atoms with E-state index in [1.807, 2.05) is 0 Å². The Labute approximate surface area is 428 Å². The van der Waals surface area contributed by atoms with Crippen LogP contribution in [0.4, 0.5) is 0 Å². The molecule has 0 saturated heterocycles. The van der Waals surface area contributed by atoms with Gasteiger partial charge in [-0.3, -0.25) is 14.4 Å². The normalized spacial score (nSPS) is 12.3. The molecule has 0 aliphatic carbocycles. The maximum Gasteiger partial charge on any atom is 0.306 e. The molecule has 0 bridgehead atoms. The molecule has 0 heterocycles. The topological polar surface area (TPSA) is 78.9 Å². The molecule has 0 aromatic carbocycles. The highest BCUT2D eigenvalue weighted by molar-refractivity contribution is 5.71. The summed E-state index contributed by atoms with van der Waals surface area (Å²) in [5.74, 6) is -0.893. The van der Waals surface area contributed by atoms with E-state index in [4.69, 9.17) is 14.2 Å². The quantitative estimate of drug-likeness (QED) is 0.0262. The van der Waals surface area contributed by atoms with Crippen molar-refractivity contribution in [2.45, 2.75) is 322 Å². The number of allylic oxidation sites excluding steroid dienone is 8. The largest absolute Gasteiger partial charge is 0.462 e. The molecule has 6 nitrogen and oxygen atoms in total. The van der Waals surface area contributed by atoms with Crippen molar-refractivity contribution in [2.75, 3.05) is 13.2 Å². The van der Waals surface area contributed by atoms with Gasteiger partial charge >= 0.3 is 17.9 Å². The highest BCUT2D eigenvalue weighted by Crippen LogP contribution is 2.17. The smallest absolute Gasteiger partial charge is 0.306 e. The van der Waals surface area contributed by atoms with Gasteiger partial charge in [-0.25, -0.2) is 0 Å². The maximum atomic E-state index is 12.7. The SMILES string of the molecule is CCC/C=C\C/C=C\CCCCCCCC(=O)OC(COC(=O)CCCCCCC)COC(=O)CCCCCCCCCCCCCCCCCCCCCCC/C=C\C/C=C\CCCCCCC. The second kappa shape index (κ2) is 57.9. The Morgan fingerprint density at radius 3 is 0.855 bits per heavy atom. The number of carbonyl (C=O) groups is 3. The zero-order chi connectivity index (χ0) is 50.0. The highest BCUT2D eigenvalue weighted by Gasteiger charge is 2.19. The van der Waals surface area contributed by atoms with Crippen LogP contribution in [0.15, 0.2) is 48.6 Å². The first kappa shape index (κ1) is 66.4. The lowest BCUT2D eigenvalue weighted by Gasteiger charge is -2.18. The molecule has 0 aromatic heterocycles. The van der Waals surface area contributed by atoms with Crippen LogP contribution in [0, 0.1) is 0 Å². The van der Waals surface area contributed by atoms with Crippen LogP contribution in [-0.4, -0.2) is 37.2 Å². The van der Waals surface area contributed by atoms with Gasteiger partial charge in [0.25, 0.3) is 0 Å². The summed E-state index contributed by atoms with van der Waals surface area (Å²) >= 11 is 0. The van der Waals surface area contributed by atoms with Crippen molar-refractivity contribution in [3.8, 4) is 0 Å². The van der Waals surface area contributed by atoms with Gasteiger partial charge in [0, 0.05) is 19.3 Å². The molecule has 0 aliphatic rings. The van der Waals surface area contributed by atoms with Gasteiger partial charge in [0.05, 0.1) is 0 Å². The van der Waals surface area contributed by atoms with Crippen LogP contribution in [-0.2, 0) is 28.6 Å². The maximum absolute atomic E-state index is 12.7. The number of hydrogen-bond acceptors (Lipinski definition) is 6. The Morgan fingerprint density at radius 1 is 0.290 bits per heavy atom. The highest BCUT2D eigenvalue weighted by atomic mass is 16.6. The van der Waals surface area contributed by atoms with E-state index in [2.05, 4.69) is 69.4 Å². The molecular weight excluding hydrogens is 853 g/mol.